The van der Waals surface area contributed by atoms with Crippen LogP contribution in [0.4, 0.5) is 5.69 Å². The molecular formula is C15H24N4O4S. The Morgan fingerprint density at radius 2 is 1.67 bits per heavy atom. The molecule has 9 heteroatoms. The predicted molar refractivity (Wildman–Crippen MR) is 92.9 cm³/mol. The van der Waals surface area contributed by atoms with Gasteiger partial charge in [0, 0.05) is 44.4 Å². The molecular weight excluding hydrogens is 332 g/mol. The van der Waals surface area contributed by atoms with E-state index in [0.717, 1.165) is 4.31 Å². The number of hydrogen-bond donors (Lipinski definition) is 3. The molecule has 0 unspecified atom stereocenters. The first kappa shape index (κ1) is 20.1. The van der Waals surface area contributed by atoms with Crippen LogP contribution in [0, 0.1) is 5.92 Å². The fourth-order valence-electron chi connectivity index (χ4n) is 1.58. The summed E-state index contributed by atoms with van der Waals surface area (Å²) in [5.74, 6) is -0.542. The van der Waals surface area contributed by atoms with E-state index in [9.17, 15) is 18.0 Å². The quantitative estimate of drug-likeness (QED) is 0.586. The van der Waals surface area contributed by atoms with Crippen LogP contribution in [0.3, 0.4) is 0 Å². The molecule has 0 atom stereocenters. The molecule has 0 saturated carbocycles. The van der Waals surface area contributed by atoms with E-state index in [2.05, 4.69) is 15.4 Å². The number of amides is 2. The first-order chi connectivity index (χ1) is 11.1. The van der Waals surface area contributed by atoms with Gasteiger partial charge in [0.05, 0.1) is 0 Å². The Bertz CT molecular complexity index is 669. The molecule has 1 aromatic carbocycles. The minimum Gasteiger partial charge on any atom is -0.351 e. The summed E-state index contributed by atoms with van der Waals surface area (Å²) in [5.41, 5.74) is 1.04. The summed E-state index contributed by atoms with van der Waals surface area (Å²) in [5, 5.41) is 5.35. The fraction of sp³-hybridized carbons (Fsp3) is 0.467. The molecule has 0 radical (unpaired) electrons. The summed E-state index contributed by atoms with van der Waals surface area (Å²) in [7, 11) is -0.659. The van der Waals surface area contributed by atoms with Gasteiger partial charge >= 0.3 is 0 Å². The van der Waals surface area contributed by atoms with Crippen molar-refractivity contribution < 1.29 is 18.0 Å². The van der Waals surface area contributed by atoms with Gasteiger partial charge in [-0.2, -0.15) is 12.7 Å². The number of rotatable bonds is 8. The van der Waals surface area contributed by atoms with Gasteiger partial charge in [-0.15, -0.1) is 0 Å². The van der Waals surface area contributed by atoms with E-state index in [1.807, 2.05) is 0 Å². The van der Waals surface area contributed by atoms with Crippen LogP contribution >= 0.6 is 0 Å². The second-order valence-corrected chi connectivity index (χ2v) is 7.63. The third kappa shape index (κ3) is 6.26. The molecule has 1 rings (SSSR count). The molecule has 2 amide bonds. The normalized spacial score (nSPS) is 11.6. The van der Waals surface area contributed by atoms with Gasteiger partial charge < -0.3 is 10.6 Å². The maximum atomic E-state index is 12.0. The zero-order valence-electron chi connectivity index (χ0n) is 14.3. The molecule has 0 aliphatic carbocycles. The Balaban J connectivity index is 2.47. The van der Waals surface area contributed by atoms with E-state index in [-0.39, 0.29) is 30.8 Å². The molecule has 24 heavy (non-hydrogen) atoms. The van der Waals surface area contributed by atoms with Crippen LogP contribution < -0.4 is 15.4 Å². The minimum absolute atomic E-state index is 0.0920. The van der Waals surface area contributed by atoms with Gasteiger partial charge in [0.1, 0.15) is 0 Å². The van der Waals surface area contributed by atoms with Crippen LogP contribution in [-0.2, 0) is 15.0 Å². The van der Waals surface area contributed by atoms with E-state index >= 15 is 0 Å². The first-order valence-corrected chi connectivity index (χ1v) is 8.93. The van der Waals surface area contributed by atoms with E-state index in [1.54, 1.807) is 38.1 Å². The van der Waals surface area contributed by atoms with Crippen LogP contribution in [0.15, 0.2) is 24.3 Å². The number of carbonyl (C=O) groups excluding carboxylic acids is 2. The van der Waals surface area contributed by atoms with Crippen molar-refractivity contribution in [2.24, 2.45) is 5.92 Å². The van der Waals surface area contributed by atoms with Crippen molar-refractivity contribution in [3.05, 3.63) is 29.8 Å². The van der Waals surface area contributed by atoms with Crippen molar-refractivity contribution in [3.8, 4) is 0 Å². The van der Waals surface area contributed by atoms with Gasteiger partial charge in [-0.25, -0.2) is 4.72 Å². The minimum atomic E-state index is -3.49. The third-order valence-corrected chi connectivity index (χ3v) is 4.65. The van der Waals surface area contributed by atoms with Crippen LogP contribution in [-0.4, -0.2) is 51.7 Å². The topological polar surface area (TPSA) is 108 Å². The zero-order valence-corrected chi connectivity index (χ0v) is 15.1. The molecule has 0 fully saturated rings. The van der Waals surface area contributed by atoms with Gasteiger partial charge in [-0.1, -0.05) is 13.8 Å². The number of anilines is 1. The van der Waals surface area contributed by atoms with Crippen molar-refractivity contribution >= 4 is 27.7 Å². The summed E-state index contributed by atoms with van der Waals surface area (Å²) in [6.07, 6.45) is 0. The molecule has 134 valence electrons. The zero-order chi connectivity index (χ0) is 18.3. The standard InChI is InChI=1S/C15H24N4O4S/c1-11(2)14(20)18-13-7-5-12(6-8-13)15(21)16-9-10-17-24(22,23)19(3)4/h5-8,11,17H,9-10H2,1-4H3,(H,16,21)(H,18,20). The largest absolute Gasteiger partial charge is 0.351 e. The third-order valence-electron chi connectivity index (χ3n) is 3.11. The Morgan fingerprint density at radius 1 is 1.08 bits per heavy atom. The smallest absolute Gasteiger partial charge is 0.278 e. The SMILES string of the molecule is CC(C)C(=O)Nc1ccc(C(=O)NCCNS(=O)(=O)N(C)C)cc1. The first-order valence-electron chi connectivity index (χ1n) is 7.49. The number of benzene rings is 1. The molecule has 3 N–H and O–H groups in total. The maximum Gasteiger partial charge on any atom is 0.278 e. The number of nitrogens with zero attached hydrogens (tertiary/aromatic N) is 1. The predicted octanol–water partition coefficient (Wildman–Crippen LogP) is 0.407. The molecule has 0 heterocycles. The lowest BCUT2D eigenvalue weighted by Gasteiger charge is -2.12. The number of hydrogen-bond acceptors (Lipinski definition) is 4. The van der Waals surface area contributed by atoms with Crippen LogP contribution in [0.25, 0.3) is 0 Å². The molecule has 0 aliphatic heterocycles. The molecule has 0 aromatic heterocycles. The Morgan fingerprint density at radius 3 is 2.17 bits per heavy atom. The van der Waals surface area contributed by atoms with Crippen molar-refractivity contribution in [1.29, 1.82) is 0 Å². The lowest BCUT2D eigenvalue weighted by Crippen LogP contribution is -2.40. The van der Waals surface area contributed by atoms with Crippen LogP contribution in [0.5, 0.6) is 0 Å². The fourth-order valence-corrected chi connectivity index (χ4v) is 2.20. The molecule has 0 spiro atoms. The summed E-state index contributed by atoms with van der Waals surface area (Å²) < 4.78 is 26.4. The highest BCUT2D eigenvalue weighted by molar-refractivity contribution is 7.87. The lowest BCUT2D eigenvalue weighted by atomic mass is 10.1. The van der Waals surface area contributed by atoms with Gasteiger partial charge in [0.15, 0.2) is 0 Å². The van der Waals surface area contributed by atoms with Crippen molar-refractivity contribution in [3.63, 3.8) is 0 Å². The number of carbonyl (C=O) groups is 2. The summed E-state index contributed by atoms with van der Waals surface area (Å²) in [4.78, 5) is 23.5. The van der Waals surface area contributed by atoms with E-state index in [1.165, 1.54) is 14.1 Å². The second-order valence-electron chi connectivity index (χ2n) is 5.66. The molecule has 0 bridgehead atoms. The van der Waals surface area contributed by atoms with E-state index < -0.39 is 10.2 Å². The van der Waals surface area contributed by atoms with Crippen LogP contribution in [0.1, 0.15) is 24.2 Å². The highest BCUT2D eigenvalue weighted by atomic mass is 32.2. The van der Waals surface area contributed by atoms with Crippen LogP contribution in [0.2, 0.25) is 0 Å². The maximum absolute atomic E-state index is 12.0. The van der Waals surface area contributed by atoms with Gasteiger partial charge in [0.25, 0.3) is 16.1 Å². The van der Waals surface area contributed by atoms with Crippen molar-refractivity contribution in [2.75, 3.05) is 32.5 Å². The highest BCUT2D eigenvalue weighted by Gasteiger charge is 2.12. The average Bonchev–Trinajstić information content (AvgIpc) is 2.51. The van der Waals surface area contributed by atoms with Crippen molar-refractivity contribution in [1.82, 2.24) is 14.3 Å². The van der Waals surface area contributed by atoms with E-state index in [0.29, 0.717) is 11.3 Å². The molecule has 0 saturated heterocycles. The Labute approximate surface area is 142 Å². The monoisotopic (exact) mass is 356 g/mol. The number of nitrogens with one attached hydrogen (secondary N) is 3. The molecule has 1 aromatic rings. The molecule has 0 aliphatic rings. The summed E-state index contributed by atoms with van der Waals surface area (Å²) in [6.45, 7) is 3.84. The lowest BCUT2D eigenvalue weighted by molar-refractivity contribution is -0.118. The second kappa shape index (κ2) is 8.76. The highest BCUT2D eigenvalue weighted by Crippen LogP contribution is 2.10. The summed E-state index contributed by atoms with van der Waals surface area (Å²) in [6, 6.07) is 6.47. The molecule has 8 nitrogen and oxygen atoms in total. The Hall–Kier alpha value is -1.97. The van der Waals surface area contributed by atoms with Gasteiger partial charge in [0.2, 0.25) is 5.91 Å². The summed E-state index contributed by atoms with van der Waals surface area (Å²) >= 11 is 0. The van der Waals surface area contributed by atoms with Crippen molar-refractivity contribution in [2.45, 2.75) is 13.8 Å². The van der Waals surface area contributed by atoms with Gasteiger partial charge in [-0.3, -0.25) is 9.59 Å². The Kier molecular flexibility index (Phi) is 7.33. The van der Waals surface area contributed by atoms with E-state index in [4.69, 9.17) is 0 Å². The average molecular weight is 356 g/mol. The van der Waals surface area contributed by atoms with Gasteiger partial charge in [-0.05, 0) is 24.3 Å².